The summed E-state index contributed by atoms with van der Waals surface area (Å²) in [6.45, 7) is 3.77. The monoisotopic (exact) mass is 705 g/mol. The summed E-state index contributed by atoms with van der Waals surface area (Å²) in [4.78, 5) is 52.0. The molecule has 2 fully saturated rings. The molecule has 8 rings (SSSR count). The molecule has 0 radical (unpaired) electrons. The average molecular weight is 706 g/mol. The van der Waals surface area contributed by atoms with Gasteiger partial charge in [0.05, 0.1) is 17.3 Å². The van der Waals surface area contributed by atoms with Crippen LogP contribution in [-0.2, 0) is 0 Å². The molecule has 2 aromatic carbocycles. The molecule has 5 heterocycles. The Balaban J connectivity index is 1.03. The number of amides is 1. The van der Waals surface area contributed by atoms with Crippen molar-refractivity contribution in [1.29, 1.82) is 0 Å². The minimum atomic E-state index is -0.682. The summed E-state index contributed by atoms with van der Waals surface area (Å²) >= 11 is 0. The number of carbonyl (C=O) groups excluding carboxylic acids is 1. The van der Waals surface area contributed by atoms with Crippen LogP contribution >= 0.6 is 0 Å². The number of ether oxygens (including phenoxy) is 1. The van der Waals surface area contributed by atoms with Crippen LogP contribution in [0.4, 0.5) is 8.78 Å². The Morgan fingerprint density at radius 2 is 1.67 bits per heavy atom. The zero-order valence-electron chi connectivity index (χ0n) is 28.4. The molecular weight excluding hydrogens is 668 g/mol. The van der Waals surface area contributed by atoms with Crippen LogP contribution in [0.3, 0.4) is 0 Å². The van der Waals surface area contributed by atoms with Crippen LogP contribution < -0.4 is 21.3 Å². The first-order valence-corrected chi connectivity index (χ1v) is 17.6. The number of hydrogen-bond acceptors (Lipinski definition) is 7. The smallest absolute Gasteiger partial charge is 0.337 e. The van der Waals surface area contributed by atoms with Crippen molar-refractivity contribution >= 4 is 22.6 Å². The molecule has 2 aliphatic rings. The predicted molar refractivity (Wildman–Crippen MR) is 192 cm³/mol. The molecule has 11 nitrogen and oxygen atoms in total. The van der Waals surface area contributed by atoms with Gasteiger partial charge in [-0.05, 0) is 105 Å². The van der Waals surface area contributed by atoms with Gasteiger partial charge >= 0.3 is 5.69 Å². The van der Waals surface area contributed by atoms with E-state index in [1.54, 1.807) is 6.07 Å². The molecule has 4 aromatic heterocycles. The average Bonchev–Trinajstić information content (AvgIpc) is 3.83. The van der Waals surface area contributed by atoms with Gasteiger partial charge in [-0.25, -0.2) is 28.1 Å². The summed E-state index contributed by atoms with van der Waals surface area (Å²) in [6.07, 6.45) is 8.05. The molecule has 0 unspecified atom stereocenters. The van der Waals surface area contributed by atoms with Crippen LogP contribution in [0.5, 0.6) is 5.75 Å². The molecular formula is C39H37F2N7O4. The summed E-state index contributed by atoms with van der Waals surface area (Å²) in [5.74, 6) is -0.734. The van der Waals surface area contributed by atoms with Gasteiger partial charge in [-0.2, -0.15) is 0 Å². The third kappa shape index (κ3) is 6.71. The second-order valence-corrected chi connectivity index (χ2v) is 13.5. The van der Waals surface area contributed by atoms with Gasteiger partial charge in [-0.15, -0.1) is 0 Å². The number of hydrogen-bond donors (Lipinski definition) is 1. The van der Waals surface area contributed by atoms with Gasteiger partial charge in [0.1, 0.15) is 35.3 Å². The Kier molecular flexibility index (Phi) is 9.10. The van der Waals surface area contributed by atoms with Crippen molar-refractivity contribution in [2.24, 2.45) is 0 Å². The van der Waals surface area contributed by atoms with E-state index in [0.717, 1.165) is 48.8 Å². The first-order chi connectivity index (χ1) is 25.3. The number of nitrogens with zero attached hydrogens (tertiary/aromatic N) is 6. The molecule has 6 aromatic rings. The number of benzene rings is 2. The second-order valence-electron chi connectivity index (χ2n) is 13.5. The molecule has 13 heteroatoms. The standard InChI is InChI=1S/C39H37F2N7O4/c40-27-8-15-35-44-34(24-46(35)23-27)37(49)43-29-9-11-30(12-10-29)48-38(50)33-21-28(41)22-42-36(33)47(39(48)51)31-5-3-4-26(20-31)25-6-13-32(14-7-25)52-19-18-45-16-1-2-17-45/h3-8,13-15,20-24,29-30H,1-2,9-12,16-19H2,(H,43,49)/t29-,30+. The van der Waals surface area contributed by atoms with E-state index >= 15 is 0 Å². The summed E-state index contributed by atoms with van der Waals surface area (Å²) in [5, 5.41) is 2.98. The van der Waals surface area contributed by atoms with Crippen molar-refractivity contribution in [3.63, 3.8) is 0 Å². The molecule has 1 aliphatic heterocycles. The van der Waals surface area contributed by atoms with Crippen molar-refractivity contribution in [2.75, 3.05) is 26.2 Å². The van der Waals surface area contributed by atoms with Gasteiger partial charge in [0.25, 0.3) is 11.5 Å². The van der Waals surface area contributed by atoms with Gasteiger partial charge in [-0.1, -0.05) is 24.3 Å². The quantitative estimate of drug-likeness (QED) is 0.211. The minimum Gasteiger partial charge on any atom is -0.492 e. The molecule has 0 bridgehead atoms. The van der Waals surface area contributed by atoms with Crippen LogP contribution in [0.2, 0.25) is 0 Å². The Hall–Kier alpha value is -5.69. The molecule has 1 N–H and O–H groups in total. The third-order valence-corrected chi connectivity index (χ3v) is 10.1. The number of rotatable bonds is 9. The van der Waals surface area contributed by atoms with Gasteiger partial charge in [0.2, 0.25) is 0 Å². The third-order valence-electron chi connectivity index (χ3n) is 10.1. The summed E-state index contributed by atoms with van der Waals surface area (Å²) in [5.41, 5.74) is 1.74. The lowest BCUT2D eigenvalue weighted by molar-refractivity contribution is 0.0917. The van der Waals surface area contributed by atoms with Crippen LogP contribution in [0, 0.1) is 11.6 Å². The number of imidazole rings is 1. The molecule has 0 spiro atoms. The molecule has 0 atom stereocenters. The lowest BCUT2D eigenvalue weighted by atomic mass is 9.90. The first-order valence-electron chi connectivity index (χ1n) is 17.6. The topological polar surface area (TPSA) is 116 Å². The Bertz CT molecular complexity index is 2390. The maximum atomic E-state index is 14.5. The van der Waals surface area contributed by atoms with E-state index in [4.69, 9.17) is 4.74 Å². The van der Waals surface area contributed by atoms with Crippen molar-refractivity contribution < 1.29 is 18.3 Å². The van der Waals surface area contributed by atoms with Gasteiger partial charge in [-0.3, -0.25) is 19.1 Å². The highest BCUT2D eigenvalue weighted by atomic mass is 19.1. The zero-order valence-corrected chi connectivity index (χ0v) is 28.4. The van der Waals surface area contributed by atoms with Crippen molar-refractivity contribution in [3.8, 4) is 22.6 Å². The van der Waals surface area contributed by atoms with Crippen LogP contribution in [-0.4, -0.2) is 66.6 Å². The molecule has 1 amide bonds. The largest absolute Gasteiger partial charge is 0.492 e. The number of nitrogens with one attached hydrogen (secondary N) is 1. The highest BCUT2D eigenvalue weighted by molar-refractivity contribution is 5.93. The van der Waals surface area contributed by atoms with Gasteiger partial charge in [0.15, 0.2) is 5.65 Å². The fourth-order valence-electron chi connectivity index (χ4n) is 7.42. The number of pyridine rings is 2. The van der Waals surface area contributed by atoms with Crippen molar-refractivity contribution in [2.45, 2.75) is 50.6 Å². The molecule has 1 aliphatic carbocycles. The van der Waals surface area contributed by atoms with Gasteiger partial charge < -0.3 is 14.5 Å². The maximum Gasteiger partial charge on any atom is 0.337 e. The fraction of sp³-hybridized carbons (Fsp3) is 0.308. The first kappa shape index (κ1) is 33.5. The van der Waals surface area contributed by atoms with Gasteiger partial charge in [0, 0.05) is 31.0 Å². The van der Waals surface area contributed by atoms with E-state index in [9.17, 15) is 23.2 Å². The van der Waals surface area contributed by atoms with Crippen LogP contribution in [0.1, 0.15) is 55.1 Å². The number of carbonyl (C=O) groups is 1. The SMILES string of the molecule is O=C(N[C@H]1CC[C@@H](n2c(=O)c3cc(F)cnc3n(-c3cccc(-c4ccc(OCCN5CCCC5)cc4)c3)c2=O)CC1)c1cn2cc(F)ccc2n1. The number of fused-ring (bicyclic) bond motifs is 2. The van der Waals surface area contributed by atoms with E-state index in [1.165, 1.54) is 50.9 Å². The van der Waals surface area contributed by atoms with Crippen molar-refractivity contribution in [1.82, 2.24) is 33.7 Å². The second kappa shape index (κ2) is 14.1. The van der Waals surface area contributed by atoms with E-state index in [1.807, 2.05) is 42.5 Å². The lowest BCUT2D eigenvalue weighted by Gasteiger charge is -2.30. The Morgan fingerprint density at radius 3 is 2.46 bits per heavy atom. The summed E-state index contributed by atoms with van der Waals surface area (Å²) < 4.78 is 38.2. The lowest BCUT2D eigenvalue weighted by Crippen LogP contribution is -2.45. The fourth-order valence-corrected chi connectivity index (χ4v) is 7.42. The number of aromatic nitrogens is 5. The van der Waals surface area contributed by atoms with E-state index in [0.29, 0.717) is 43.6 Å². The predicted octanol–water partition coefficient (Wildman–Crippen LogP) is 5.53. The minimum absolute atomic E-state index is 0.000790. The normalized spacial score (nSPS) is 17.9. The molecule has 52 heavy (non-hydrogen) atoms. The van der Waals surface area contributed by atoms with Crippen LogP contribution in [0.25, 0.3) is 33.5 Å². The molecule has 1 saturated carbocycles. The van der Waals surface area contributed by atoms with Crippen LogP contribution in [0.15, 0.2) is 94.9 Å². The number of likely N-dealkylation sites (tertiary alicyclic amines) is 1. The summed E-state index contributed by atoms with van der Waals surface area (Å²) in [7, 11) is 0. The van der Waals surface area contributed by atoms with E-state index in [-0.39, 0.29) is 28.7 Å². The highest BCUT2D eigenvalue weighted by Gasteiger charge is 2.29. The number of halogens is 2. The molecule has 266 valence electrons. The van der Waals surface area contributed by atoms with E-state index in [2.05, 4.69) is 20.2 Å². The van der Waals surface area contributed by atoms with E-state index < -0.39 is 28.9 Å². The Morgan fingerprint density at radius 1 is 0.885 bits per heavy atom. The zero-order chi connectivity index (χ0) is 35.8. The summed E-state index contributed by atoms with van der Waals surface area (Å²) in [6, 6.07) is 18.4. The highest BCUT2D eigenvalue weighted by Crippen LogP contribution is 2.29. The van der Waals surface area contributed by atoms with Crippen molar-refractivity contribution in [3.05, 3.63) is 123 Å². The Labute approximate surface area is 297 Å². The molecule has 1 saturated heterocycles. The maximum absolute atomic E-state index is 14.5.